The molecular formula is C24H27N3O2. The van der Waals surface area contributed by atoms with Crippen molar-refractivity contribution in [3.63, 3.8) is 0 Å². The molecule has 2 aliphatic heterocycles. The Morgan fingerprint density at radius 2 is 1.66 bits per heavy atom. The van der Waals surface area contributed by atoms with Gasteiger partial charge in [0.05, 0.1) is 16.7 Å². The molecular weight excluding hydrogens is 362 g/mol. The van der Waals surface area contributed by atoms with E-state index >= 15 is 0 Å². The summed E-state index contributed by atoms with van der Waals surface area (Å²) in [6.07, 6.45) is 1.83. The highest BCUT2D eigenvalue weighted by atomic mass is 16.2. The third-order valence-corrected chi connectivity index (χ3v) is 5.06. The topological polar surface area (TPSA) is 67.8 Å². The quantitative estimate of drug-likeness (QED) is 0.524. The van der Waals surface area contributed by atoms with Crippen LogP contribution in [0.3, 0.4) is 0 Å². The first-order valence-electron chi connectivity index (χ1n) is 10.1. The minimum absolute atomic E-state index is 0.310. The highest BCUT2D eigenvalue weighted by molar-refractivity contribution is 5.81. The molecule has 2 heterocycles. The fourth-order valence-corrected chi connectivity index (χ4v) is 3.50. The molecule has 0 saturated carbocycles. The maximum atomic E-state index is 12.3. The van der Waals surface area contributed by atoms with E-state index in [1.54, 1.807) is 0 Å². The van der Waals surface area contributed by atoms with Gasteiger partial charge in [-0.3, -0.25) is 14.6 Å². The lowest BCUT2D eigenvalue weighted by Gasteiger charge is -2.19. The number of H-pyrrole nitrogens is 1. The standard InChI is InChI=1S/C22H21N3O2.C2H6/c1-14-11-17-18(12-15(14)2)25(10-6-9-16-7-4-3-5-8-16)19-13-20(26)24-22(27)21(19)23-17;1-2/h3-5,7-8,11-13H,6,9-10H2,1-2H3,(H,24,26,27);1-2H3. The van der Waals surface area contributed by atoms with Crippen molar-refractivity contribution in [1.82, 2.24) is 14.5 Å². The molecule has 0 bridgehead atoms. The Hall–Kier alpha value is -3.21. The van der Waals surface area contributed by atoms with E-state index in [1.807, 2.05) is 45.0 Å². The monoisotopic (exact) mass is 389 g/mol. The Labute approximate surface area is 170 Å². The van der Waals surface area contributed by atoms with Crippen LogP contribution in [0.1, 0.15) is 37.0 Å². The molecule has 0 aromatic heterocycles. The summed E-state index contributed by atoms with van der Waals surface area (Å²) in [5.41, 5.74) is 5.35. The van der Waals surface area contributed by atoms with Gasteiger partial charge in [0, 0.05) is 12.6 Å². The van der Waals surface area contributed by atoms with Crippen molar-refractivity contribution < 1.29 is 0 Å². The molecule has 5 nitrogen and oxygen atoms in total. The average molecular weight is 389 g/mol. The molecule has 0 aliphatic carbocycles. The minimum atomic E-state index is -0.436. The smallest absolute Gasteiger partial charge is 0.278 e. The first-order chi connectivity index (χ1) is 14.0. The molecule has 0 saturated heterocycles. The van der Waals surface area contributed by atoms with Crippen LogP contribution >= 0.6 is 0 Å². The number of aromatic amines is 1. The number of aromatic nitrogens is 3. The lowest BCUT2D eigenvalue weighted by Crippen LogP contribution is -2.25. The van der Waals surface area contributed by atoms with E-state index in [0.717, 1.165) is 35.0 Å². The van der Waals surface area contributed by atoms with Crippen LogP contribution in [-0.2, 0) is 13.0 Å². The number of hydrogen-bond acceptors (Lipinski definition) is 3. The summed E-state index contributed by atoms with van der Waals surface area (Å²) in [4.78, 5) is 31.1. The molecule has 2 aromatic rings. The number of fused-ring (bicyclic) bond motifs is 2. The Morgan fingerprint density at radius 3 is 2.38 bits per heavy atom. The van der Waals surface area contributed by atoms with E-state index in [4.69, 9.17) is 0 Å². The lowest BCUT2D eigenvalue weighted by atomic mass is 10.1. The Morgan fingerprint density at radius 1 is 0.966 bits per heavy atom. The fourth-order valence-electron chi connectivity index (χ4n) is 3.50. The number of aryl methyl sites for hydroxylation is 4. The van der Waals surface area contributed by atoms with Gasteiger partial charge in [-0.2, -0.15) is 0 Å². The second-order valence-electron chi connectivity index (χ2n) is 6.97. The van der Waals surface area contributed by atoms with E-state index in [-0.39, 0.29) is 0 Å². The first kappa shape index (κ1) is 20.5. The molecule has 2 aliphatic rings. The zero-order chi connectivity index (χ0) is 21.0. The van der Waals surface area contributed by atoms with Crippen molar-refractivity contribution in [1.29, 1.82) is 0 Å². The van der Waals surface area contributed by atoms with Gasteiger partial charge in [-0.15, -0.1) is 0 Å². The zero-order valence-electron chi connectivity index (χ0n) is 17.5. The molecule has 0 radical (unpaired) electrons. The number of rotatable bonds is 4. The summed E-state index contributed by atoms with van der Waals surface area (Å²) in [6.45, 7) is 8.80. The maximum Gasteiger partial charge on any atom is 0.278 e. The van der Waals surface area contributed by atoms with Crippen molar-refractivity contribution >= 4 is 11.0 Å². The number of hydrogen-bond donors (Lipinski definition) is 1. The molecule has 0 amide bonds. The van der Waals surface area contributed by atoms with Crippen molar-refractivity contribution in [2.24, 2.45) is 0 Å². The fraction of sp³-hybridized carbons (Fsp3) is 0.292. The Kier molecular flexibility index (Phi) is 6.27. The first-order valence-corrected chi connectivity index (χ1v) is 10.1. The third-order valence-electron chi connectivity index (χ3n) is 5.06. The SMILES string of the molecule is CC.Cc1cc2nc3c(=O)[nH]c(=O)cc-3n(CCCc3ccccc3)c2cc1C. The predicted octanol–water partition coefficient (Wildman–Crippen LogP) is 4.47. The summed E-state index contributed by atoms with van der Waals surface area (Å²) >= 11 is 0. The van der Waals surface area contributed by atoms with Crippen LogP contribution in [0.2, 0.25) is 0 Å². The van der Waals surface area contributed by atoms with Gasteiger partial charge >= 0.3 is 0 Å². The minimum Gasteiger partial charge on any atom is -0.338 e. The summed E-state index contributed by atoms with van der Waals surface area (Å²) in [6, 6.07) is 15.9. The molecule has 4 rings (SSSR count). The molecule has 0 unspecified atom stereocenters. The van der Waals surface area contributed by atoms with Crippen molar-refractivity contribution in [2.45, 2.75) is 47.1 Å². The van der Waals surface area contributed by atoms with Gasteiger partial charge in [-0.05, 0) is 55.5 Å². The van der Waals surface area contributed by atoms with Crippen LogP contribution < -0.4 is 11.1 Å². The van der Waals surface area contributed by atoms with E-state index in [1.165, 1.54) is 11.6 Å². The van der Waals surface area contributed by atoms with E-state index in [0.29, 0.717) is 17.9 Å². The van der Waals surface area contributed by atoms with Crippen LogP contribution in [-0.4, -0.2) is 14.5 Å². The van der Waals surface area contributed by atoms with Crippen LogP contribution in [0.5, 0.6) is 0 Å². The van der Waals surface area contributed by atoms with Gasteiger partial charge in [0.2, 0.25) is 0 Å². The molecule has 1 N–H and O–H groups in total. The third kappa shape index (κ3) is 4.29. The van der Waals surface area contributed by atoms with E-state index in [2.05, 4.69) is 39.7 Å². The summed E-state index contributed by atoms with van der Waals surface area (Å²) in [7, 11) is 0. The van der Waals surface area contributed by atoms with E-state index < -0.39 is 11.1 Å². The van der Waals surface area contributed by atoms with Gasteiger partial charge in [-0.25, -0.2) is 4.98 Å². The molecule has 29 heavy (non-hydrogen) atoms. The van der Waals surface area contributed by atoms with Gasteiger partial charge in [0.1, 0.15) is 0 Å². The van der Waals surface area contributed by atoms with Crippen molar-refractivity contribution in [2.75, 3.05) is 0 Å². The van der Waals surface area contributed by atoms with Gasteiger partial charge in [0.25, 0.3) is 11.1 Å². The molecule has 0 atom stereocenters. The summed E-state index contributed by atoms with van der Waals surface area (Å²) in [5.74, 6) is 0. The summed E-state index contributed by atoms with van der Waals surface area (Å²) < 4.78 is 2.06. The van der Waals surface area contributed by atoms with Gasteiger partial charge < -0.3 is 4.57 Å². The van der Waals surface area contributed by atoms with Crippen LogP contribution in [0.25, 0.3) is 22.4 Å². The Balaban J connectivity index is 0.00000117. The molecule has 5 heteroatoms. The van der Waals surface area contributed by atoms with Crippen molar-refractivity contribution in [3.05, 3.63) is 85.9 Å². The maximum absolute atomic E-state index is 12.3. The van der Waals surface area contributed by atoms with Crippen molar-refractivity contribution in [3.8, 4) is 11.4 Å². The zero-order valence-corrected chi connectivity index (χ0v) is 17.5. The van der Waals surface area contributed by atoms with Crippen LogP contribution in [0.15, 0.2) is 58.1 Å². The average Bonchev–Trinajstić information content (AvgIpc) is 2.72. The van der Waals surface area contributed by atoms with Gasteiger partial charge in [-0.1, -0.05) is 44.2 Å². The second-order valence-corrected chi connectivity index (χ2v) is 6.97. The van der Waals surface area contributed by atoms with Crippen LogP contribution in [0, 0.1) is 13.8 Å². The summed E-state index contributed by atoms with van der Waals surface area (Å²) in [5, 5.41) is 0. The number of pyridine rings is 1. The molecule has 150 valence electrons. The Bertz CT molecular complexity index is 1210. The number of benzene rings is 2. The molecule has 0 fully saturated rings. The molecule has 0 spiro atoms. The highest BCUT2D eigenvalue weighted by Crippen LogP contribution is 2.25. The number of nitrogens with zero attached hydrogens (tertiary/aromatic N) is 2. The second kappa shape index (κ2) is 8.86. The highest BCUT2D eigenvalue weighted by Gasteiger charge is 2.17. The van der Waals surface area contributed by atoms with Gasteiger partial charge in [0.15, 0.2) is 5.69 Å². The number of nitrogens with one attached hydrogen (secondary N) is 1. The van der Waals surface area contributed by atoms with E-state index in [9.17, 15) is 9.59 Å². The molecule has 2 aromatic carbocycles. The normalized spacial score (nSPS) is 10.8. The predicted molar refractivity (Wildman–Crippen MR) is 119 cm³/mol. The lowest BCUT2D eigenvalue weighted by molar-refractivity contribution is 0.659. The largest absolute Gasteiger partial charge is 0.338 e. The van der Waals surface area contributed by atoms with Crippen LogP contribution in [0.4, 0.5) is 0 Å².